The van der Waals surface area contributed by atoms with Crippen molar-refractivity contribution in [3.05, 3.63) is 35.4 Å². The minimum atomic E-state index is -0.222. The van der Waals surface area contributed by atoms with Gasteiger partial charge >= 0.3 is 5.97 Å². The van der Waals surface area contributed by atoms with E-state index < -0.39 is 0 Å². The zero-order valence-electron chi connectivity index (χ0n) is 14.0. The van der Waals surface area contributed by atoms with E-state index in [1.165, 1.54) is 12.5 Å². The Hall–Kier alpha value is -1.39. The molecule has 0 radical (unpaired) electrons. The lowest BCUT2D eigenvalue weighted by molar-refractivity contribution is -0.150. The van der Waals surface area contributed by atoms with E-state index in [9.17, 15) is 4.79 Å². The SMILES string of the molecule is CC(=O)OC(c1ccc(CCCO)cc1)C1CCC(CN)CC1. The molecule has 1 aromatic carbocycles. The Bertz CT molecular complexity index is 478. The molecule has 4 heteroatoms. The van der Waals surface area contributed by atoms with E-state index in [4.69, 9.17) is 15.6 Å². The third kappa shape index (κ3) is 5.33. The fourth-order valence-corrected chi connectivity index (χ4v) is 3.50. The predicted molar refractivity (Wildman–Crippen MR) is 90.9 cm³/mol. The summed E-state index contributed by atoms with van der Waals surface area (Å²) in [6, 6.07) is 8.28. The predicted octanol–water partition coefficient (Wildman–Crippen LogP) is 2.98. The quantitative estimate of drug-likeness (QED) is 0.758. The molecule has 1 atom stereocenters. The molecule has 0 heterocycles. The Labute approximate surface area is 139 Å². The lowest BCUT2D eigenvalue weighted by atomic mass is 9.77. The first-order chi connectivity index (χ1) is 11.1. The molecule has 0 bridgehead atoms. The minimum absolute atomic E-state index is 0.155. The molecule has 0 aliphatic heterocycles. The van der Waals surface area contributed by atoms with Crippen molar-refractivity contribution in [2.24, 2.45) is 17.6 Å². The number of carbonyl (C=O) groups is 1. The van der Waals surface area contributed by atoms with Crippen LogP contribution in [-0.4, -0.2) is 24.2 Å². The fraction of sp³-hybridized carbons (Fsp3) is 0.632. The molecule has 4 nitrogen and oxygen atoms in total. The number of esters is 1. The number of aliphatic hydroxyl groups excluding tert-OH is 1. The maximum absolute atomic E-state index is 11.5. The van der Waals surface area contributed by atoms with Gasteiger partial charge < -0.3 is 15.6 Å². The van der Waals surface area contributed by atoms with Crippen LogP contribution in [0.15, 0.2) is 24.3 Å². The average molecular weight is 319 g/mol. The van der Waals surface area contributed by atoms with Crippen molar-refractivity contribution in [1.29, 1.82) is 0 Å². The molecule has 0 saturated heterocycles. The number of carbonyl (C=O) groups excluding carboxylic acids is 1. The monoisotopic (exact) mass is 319 g/mol. The number of hydrogen-bond donors (Lipinski definition) is 2. The number of nitrogens with two attached hydrogens (primary N) is 1. The standard InChI is InChI=1S/C19H29NO3/c1-14(22)23-19(18-10-6-16(13-20)7-11-18)17-8-4-15(5-9-17)3-2-12-21/h4-5,8-9,16,18-19,21H,2-3,6-7,10-13,20H2,1H3. The summed E-state index contributed by atoms with van der Waals surface area (Å²) in [4.78, 5) is 11.5. The van der Waals surface area contributed by atoms with Crippen molar-refractivity contribution < 1.29 is 14.6 Å². The molecule has 1 unspecified atom stereocenters. The smallest absolute Gasteiger partial charge is 0.303 e. The molecule has 0 aromatic heterocycles. The molecule has 1 aliphatic carbocycles. The van der Waals surface area contributed by atoms with Crippen LogP contribution in [0.1, 0.15) is 56.3 Å². The number of hydrogen-bond acceptors (Lipinski definition) is 4. The molecule has 0 spiro atoms. The van der Waals surface area contributed by atoms with Gasteiger partial charge in [-0.2, -0.15) is 0 Å². The number of aliphatic hydroxyl groups is 1. The van der Waals surface area contributed by atoms with E-state index in [1.807, 2.05) is 0 Å². The Morgan fingerprint density at radius 3 is 2.43 bits per heavy atom. The summed E-state index contributed by atoms with van der Waals surface area (Å²) < 4.78 is 5.66. The van der Waals surface area contributed by atoms with Gasteiger partial charge in [0.1, 0.15) is 6.10 Å². The molecule has 1 saturated carbocycles. The first-order valence-electron chi connectivity index (χ1n) is 8.71. The molecule has 1 aromatic rings. The Kier molecular flexibility index (Phi) is 7.06. The molecule has 2 rings (SSSR count). The highest BCUT2D eigenvalue weighted by atomic mass is 16.5. The lowest BCUT2D eigenvalue weighted by Crippen LogP contribution is -2.26. The summed E-state index contributed by atoms with van der Waals surface area (Å²) in [6.45, 7) is 2.45. The van der Waals surface area contributed by atoms with Gasteiger partial charge in [0, 0.05) is 19.4 Å². The largest absolute Gasteiger partial charge is 0.457 e. The van der Waals surface area contributed by atoms with Crippen LogP contribution in [-0.2, 0) is 16.0 Å². The van der Waals surface area contributed by atoms with Crippen LogP contribution in [0.4, 0.5) is 0 Å². The van der Waals surface area contributed by atoms with Crippen LogP contribution in [0.2, 0.25) is 0 Å². The summed E-state index contributed by atoms with van der Waals surface area (Å²) in [7, 11) is 0. The summed E-state index contributed by atoms with van der Waals surface area (Å²) >= 11 is 0. The second-order valence-electron chi connectivity index (χ2n) is 6.62. The number of ether oxygens (including phenoxy) is 1. The third-order valence-corrected chi connectivity index (χ3v) is 4.88. The van der Waals surface area contributed by atoms with Crippen molar-refractivity contribution in [1.82, 2.24) is 0 Å². The Morgan fingerprint density at radius 1 is 1.26 bits per heavy atom. The topological polar surface area (TPSA) is 72.5 Å². The zero-order chi connectivity index (χ0) is 16.7. The van der Waals surface area contributed by atoms with Gasteiger partial charge in [-0.3, -0.25) is 4.79 Å². The third-order valence-electron chi connectivity index (χ3n) is 4.88. The molecule has 23 heavy (non-hydrogen) atoms. The molecule has 1 aliphatic rings. The first kappa shape index (κ1) is 18.0. The van der Waals surface area contributed by atoms with Crippen LogP contribution in [0.25, 0.3) is 0 Å². The van der Waals surface area contributed by atoms with Gasteiger partial charge in [-0.25, -0.2) is 0 Å². The highest BCUT2D eigenvalue weighted by Gasteiger charge is 2.30. The summed E-state index contributed by atoms with van der Waals surface area (Å²) in [5.41, 5.74) is 8.05. The van der Waals surface area contributed by atoms with Gasteiger partial charge in [-0.15, -0.1) is 0 Å². The van der Waals surface area contributed by atoms with Gasteiger partial charge in [0.25, 0.3) is 0 Å². The van der Waals surface area contributed by atoms with Gasteiger partial charge in [0.15, 0.2) is 0 Å². The maximum Gasteiger partial charge on any atom is 0.303 e. The van der Waals surface area contributed by atoms with Crippen LogP contribution in [0.5, 0.6) is 0 Å². The number of rotatable bonds is 7. The van der Waals surface area contributed by atoms with Crippen LogP contribution in [0, 0.1) is 11.8 Å². The number of benzene rings is 1. The number of aryl methyl sites for hydroxylation is 1. The lowest BCUT2D eigenvalue weighted by Gasteiger charge is -2.33. The van der Waals surface area contributed by atoms with Gasteiger partial charge in [-0.1, -0.05) is 24.3 Å². The van der Waals surface area contributed by atoms with Gasteiger partial charge in [0.05, 0.1) is 0 Å². The van der Waals surface area contributed by atoms with E-state index in [1.54, 1.807) is 0 Å². The second-order valence-corrected chi connectivity index (χ2v) is 6.62. The van der Waals surface area contributed by atoms with Crippen molar-refractivity contribution in [2.75, 3.05) is 13.2 Å². The zero-order valence-corrected chi connectivity index (χ0v) is 14.0. The summed E-state index contributed by atoms with van der Waals surface area (Å²) in [6.07, 6.45) is 5.85. The minimum Gasteiger partial charge on any atom is -0.457 e. The molecule has 3 N–H and O–H groups in total. The molecular weight excluding hydrogens is 290 g/mol. The second kappa shape index (κ2) is 9.04. The molecule has 0 amide bonds. The van der Waals surface area contributed by atoms with Gasteiger partial charge in [-0.05, 0) is 62.1 Å². The molecule has 1 fully saturated rings. The van der Waals surface area contributed by atoms with Crippen molar-refractivity contribution in [2.45, 2.75) is 51.6 Å². The van der Waals surface area contributed by atoms with Gasteiger partial charge in [0.2, 0.25) is 0 Å². The Morgan fingerprint density at radius 2 is 1.91 bits per heavy atom. The highest BCUT2D eigenvalue weighted by Crippen LogP contribution is 2.38. The highest BCUT2D eigenvalue weighted by molar-refractivity contribution is 5.66. The Balaban J connectivity index is 2.07. The summed E-state index contributed by atoms with van der Waals surface area (Å²) in [5, 5.41) is 8.92. The normalized spacial score (nSPS) is 22.6. The van der Waals surface area contributed by atoms with E-state index in [2.05, 4.69) is 24.3 Å². The van der Waals surface area contributed by atoms with Crippen molar-refractivity contribution in [3.63, 3.8) is 0 Å². The first-order valence-corrected chi connectivity index (χ1v) is 8.71. The van der Waals surface area contributed by atoms with Crippen LogP contribution >= 0.6 is 0 Å². The average Bonchev–Trinajstić information content (AvgIpc) is 2.58. The maximum atomic E-state index is 11.5. The van der Waals surface area contributed by atoms with Crippen molar-refractivity contribution >= 4 is 5.97 Å². The van der Waals surface area contributed by atoms with E-state index in [0.29, 0.717) is 11.8 Å². The van der Waals surface area contributed by atoms with E-state index in [0.717, 1.165) is 50.6 Å². The van der Waals surface area contributed by atoms with Crippen LogP contribution < -0.4 is 5.73 Å². The van der Waals surface area contributed by atoms with Crippen molar-refractivity contribution in [3.8, 4) is 0 Å². The van der Waals surface area contributed by atoms with E-state index in [-0.39, 0.29) is 18.7 Å². The van der Waals surface area contributed by atoms with E-state index >= 15 is 0 Å². The fourth-order valence-electron chi connectivity index (χ4n) is 3.50. The molecule has 128 valence electrons. The molecular formula is C19H29NO3. The van der Waals surface area contributed by atoms with Crippen LogP contribution in [0.3, 0.4) is 0 Å². The summed E-state index contributed by atoms with van der Waals surface area (Å²) in [5.74, 6) is 0.774.